The van der Waals surface area contributed by atoms with Gasteiger partial charge in [-0.1, -0.05) is 5.21 Å². The van der Waals surface area contributed by atoms with Gasteiger partial charge in [0.05, 0.1) is 17.6 Å². The number of aromatic nitrogens is 3. The smallest absolute Gasteiger partial charge is 0.115 e. The monoisotopic (exact) mass is 204 g/mol. The van der Waals surface area contributed by atoms with Gasteiger partial charge in [0.15, 0.2) is 0 Å². The van der Waals surface area contributed by atoms with Crippen LogP contribution in [0.5, 0.6) is 5.75 Å². The van der Waals surface area contributed by atoms with Crippen molar-refractivity contribution in [1.82, 2.24) is 20.3 Å². The van der Waals surface area contributed by atoms with Crippen LogP contribution in [0.2, 0.25) is 0 Å². The molecule has 0 saturated carbocycles. The molecule has 5 heteroatoms. The molecule has 0 bridgehead atoms. The first-order chi connectivity index (χ1) is 7.31. The zero-order valence-electron chi connectivity index (χ0n) is 8.38. The molecule has 0 aliphatic carbocycles. The Morgan fingerprint density at radius 2 is 2.07 bits per heavy atom. The second-order valence-electron chi connectivity index (χ2n) is 3.18. The lowest BCUT2D eigenvalue weighted by Crippen LogP contribution is -2.10. The second kappa shape index (κ2) is 4.10. The van der Waals surface area contributed by atoms with Gasteiger partial charge in [-0.25, -0.2) is 4.68 Å². The van der Waals surface area contributed by atoms with Crippen LogP contribution in [0.25, 0.3) is 5.69 Å². The predicted octanol–water partition coefficient (Wildman–Crippen LogP) is 0.692. The lowest BCUT2D eigenvalue weighted by atomic mass is 10.3. The van der Waals surface area contributed by atoms with Crippen LogP contribution in [0.1, 0.15) is 5.69 Å². The Balaban J connectivity index is 2.36. The van der Waals surface area contributed by atoms with Crippen molar-refractivity contribution in [2.75, 3.05) is 7.05 Å². The van der Waals surface area contributed by atoms with Crippen molar-refractivity contribution < 1.29 is 5.11 Å². The fourth-order valence-electron chi connectivity index (χ4n) is 1.37. The number of benzene rings is 1. The summed E-state index contributed by atoms with van der Waals surface area (Å²) in [5.74, 6) is 0.244. The number of rotatable bonds is 3. The normalized spacial score (nSPS) is 10.5. The summed E-state index contributed by atoms with van der Waals surface area (Å²) in [6, 6.07) is 6.84. The first-order valence-corrected chi connectivity index (χ1v) is 4.65. The van der Waals surface area contributed by atoms with Crippen LogP contribution in [0.3, 0.4) is 0 Å². The maximum atomic E-state index is 9.17. The lowest BCUT2D eigenvalue weighted by molar-refractivity contribution is 0.475. The van der Waals surface area contributed by atoms with Crippen LogP contribution < -0.4 is 5.32 Å². The Bertz CT molecular complexity index is 435. The van der Waals surface area contributed by atoms with Crippen molar-refractivity contribution in [3.8, 4) is 11.4 Å². The zero-order chi connectivity index (χ0) is 10.7. The minimum absolute atomic E-state index is 0.244. The Morgan fingerprint density at radius 3 is 2.73 bits per heavy atom. The van der Waals surface area contributed by atoms with E-state index in [0.29, 0.717) is 6.54 Å². The average molecular weight is 204 g/mol. The molecule has 2 rings (SSSR count). The van der Waals surface area contributed by atoms with E-state index in [-0.39, 0.29) is 5.75 Å². The molecule has 1 aromatic carbocycles. The molecule has 78 valence electrons. The predicted molar refractivity (Wildman–Crippen MR) is 55.8 cm³/mol. The van der Waals surface area contributed by atoms with Gasteiger partial charge in [-0.2, -0.15) is 0 Å². The van der Waals surface area contributed by atoms with E-state index in [1.807, 2.05) is 7.05 Å². The average Bonchev–Trinajstić information content (AvgIpc) is 2.68. The summed E-state index contributed by atoms with van der Waals surface area (Å²) in [5.41, 5.74) is 1.86. The minimum Gasteiger partial charge on any atom is -0.508 e. The molecule has 1 heterocycles. The zero-order valence-corrected chi connectivity index (χ0v) is 8.38. The van der Waals surface area contributed by atoms with Gasteiger partial charge in [0.1, 0.15) is 5.75 Å². The van der Waals surface area contributed by atoms with Crippen molar-refractivity contribution in [3.63, 3.8) is 0 Å². The molecule has 0 radical (unpaired) electrons. The SMILES string of the molecule is CNCc1cnnn1-c1ccc(O)cc1. The van der Waals surface area contributed by atoms with Crippen molar-refractivity contribution in [2.24, 2.45) is 0 Å². The van der Waals surface area contributed by atoms with Gasteiger partial charge in [-0.05, 0) is 31.3 Å². The Labute approximate surface area is 87.4 Å². The lowest BCUT2D eigenvalue weighted by Gasteiger charge is -2.05. The van der Waals surface area contributed by atoms with E-state index in [1.54, 1.807) is 35.1 Å². The van der Waals surface area contributed by atoms with E-state index in [2.05, 4.69) is 15.6 Å². The van der Waals surface area contributed by atoms with Crippen LogP contribution in [-0.4, -0.2) is 27.1 Å². The van der Waals surface area contributed by atoms with Crippen molar-refractivity contribution in [3.05, 3.63) is 36.2 Å². The molecule has 0 aliphatic rings. The highest BCUT2D eigenvalue weighted by Gasteiger charge is 2.04. The van der Waals surface area contributed by atoms with Gasteiger partial charge >= 0.3 is 0 Å². The third kappa shape index (κ3) is 1.97. The highest BCUT2D eigenvalue weighted by atomic mass is 16.3. The van der Waals surface area contributed by atoms with Gasteiger partial charge in [0.25, 0.3) is 0 Å². The highest BCUT2D eigenvalue weighted by molar-refractivity contribution is 5.36. The van der Waals surface area contributed by atoms with Crippen molar-refractivity contribution in [1.29, 1.82) is 0 Å². The molecule has 0 spiro atoms. The van der Waals surface area contributed by atoms with E-state index in [0.717, 1.165) is 11.4 Å². The van der Waals surface area contributed by atoms with Crippen molar-refractivity contribution >= 4 is 0 Å². The van der Waals surface area contributed by atoms with Gasteiger partial charge in [-0.15, -0.1) is 5.10 Å². The Morgan fingerprint density at radius 1 is 1.33 bits per heavy atom. The molecule has 0 aliphatic heterocycles. The van der Waals surface area contributed by atoms with Gasteiger partial charge < -0.3 is 10.4 Å². The van der Waals surface area contributed by atoms with E-state index in [9.17, 15) is 0 Å². The molecule has 0 fully saturated rings. The number of aromatic hydroxyl groups is 1. The molecular weight excluding hydrogens is 192 g/mol. The Kier molecular flexibility index (Phi) is 2.64. The third-order valence-corrected chi connectivity index (χ3v) is 2.07. The highest BCUT2D eigenvalue weighted by Crippen LogP contribution is 2.14. The number of nitrogens with zero attached hydrogens (tertiary/aromatic N) is 3. The van der Waals surface area contributed by atoms with E-state index < -0.39 is 0 Å². The molecule has 2 N–H and O–H groups in total. The molecule has 0 amide bonds. The molecule has 1 aromatic heterocycles. The summed E-state index contributed by atoms with van der Waals surface area (Å²) in [7, 11) is 1.87. The standard InChI is InChI=1S/C10H12N4O/c1-11-6-9-7-12-13-14(9)8-2-4-10(15)5-3-8/h2-5,7,11,15H,6H2,1H3. The number of nitrogens with one attached hydrogen (secondary N) is 1. The fraction of sp³-hybridized carbons (Fsp3) is 0.200. The third-order valence-electron chi connectivity index (χ3n) is 2.07. The van der Waals surface area contributed by atoms with Gasteiger partial charge in [0, 0.05) is 6.54 Å². The first-order valence-electron chi connectivity index (χ1n) is 4.65. The van der Waals surface area contributed by atoms with E-state index >= 15 is 0 Å². The topological polar surface area (TPSA) is 63.0 Å². The number of hydrogen-bond donors (Lipinski definition) is 2. The summed E-state index contributed by atoms with van der Waals surface area (Å²) in [4.78, 5) is 0. The summed E-state index contributed by atoms with van der Waals surface area (Å²) in [6.07, 6.45) is 1.71. The summed E-state index contributed by atoms with van der Waals surface area (Å²) < 4.78 is 1.73. The quantitative estimate of drug-likeness (QED) is 0.772. The fourth-order valence-corrected chi connectivity index (χ4v) is 1.37. The van der Waals surface area contributed by atoms with Gasteiger partial charge in [0.2, 0.25) is 0 Å². The molecular formula is C10H12N4O. The summed E-state index contributed by atoms with van der Waals surface area (Å²) in [5, 5.41) is 20.0. The number of phenols is 1. The maximum absolute atomic E-state index is 9.17. The van der Waals surface area contributed by atoms with Crippen LogP contribution in [-0.2, 0) is 6.54 Å². The number of hydrogen-bond acceptors (Lipinski definition) is 4. The Hall–Kier alpha value is -1.88. The van der Waals surface area contributed by atoms with Crippen LogP contribution in [0.4, 0.5) is 0 Å². The van der Waals surface area contributed by atoms with E-state index in [4.69, 9.17) is 5.11 Å². The summed E-state index contributed by atoms with van der Waals surface area (Å²) in [6.45, 7) is 0.702. The molecule has 2 aromatic rings. The molecule has 0 atom stereocenters. The molecule has 5 nitrogen and oxygen atoms in total. The minimum atomic E-state index is 0.244. The first kappa shape index (κ1) is 9.67. The number of phenolic OH excluding ortho intramolecular Hbond substituents is 1. The van der Waals surface area contributed by atoms with Crippen molar-refractivity contribution in [2.45, 2.75) is 6.54 Å². The molecule has 15 heavy (non-hydrogen) atoms. The summed E-state index contributed by atoms with van der Waals surface area (Å²) >= 11 is 0. The van der Waals surface area contributed by atoms with Crippen LogP contribution in [0, 0.1) is 0 Å². The second-order valence-corrected chi connectivity index (χ2v) is 3.18. The van der Waals surface area contributed by atoms with E-state index in [1.165, 1.54) is 0 Å². The largest absolute Gasteiger partial charge is 0.508 e. The molecule has 0 saturated heterocycles. The van der Waals surface area contributed by atoms with Crippen LogP contribution >= 0.6 is 0 Å². The molecule has 0 unspecified atom stereocenters. The van der Waals surface area contributed by atoms with Gasteiger partial charge in [-0.3, -0.25) is 0 Å². The van der Waals surface area contributed by atoms with Crippen LogP contribution in [0.15, 0.2) is 30.5 Å². The maximum Gasteiger partial charge on any atom is 0.115 e.